The zero-order chi connectivity index (χ0) is 13.2. The smallest absolute Gasteiger partial charge is 0.122 e. The lowest BCUT2D eigenvalue weighted by atomic mass is 10.0. The van der Waals surface area contributed by atoms with Crippen LogP contribution in [0.25, 0.3) is 0 Å². The molecule has 18 heavy (non-hydrogen) atoms. The molecular formula is C16H27NO. The van der Waals surface area contributed by atoms with Gasteiger partial charge in [-0.3, -0.25) is 0 Å². The van der Waals surface area contributed by atoms with Crippen LogP contribution in [0.5, 0.6) is 5.75 Å². The molecule has 0 saturated carbocycles. The van der Waals surface area contributed by atoms with Crippen LogP contribution in [0.4, 0.5) is 0 Å². The van der Waals surface area contributed by atoms with Crippen molar-refractivity contribution in [2.24, 2.45) is 0 Å². The highest BCUT2D eigenvalue weighted by molar-refractivity contribution is 5.37. The van der Waals surface area contributed by atoms with E-state index in [-0.39, 0.29) is 0 Å². The fourth-order valence-electron chi connectivity index (χ4n) is 2.07. The fraction of sp³-hybridized carbons (Fsp3) is 0.625. The lowest BCUT2D eigenvalue weighted by Crippen LogP contribution is -2.15. The maximum absolute atomic E-state index is 5.67. The first-order valence-corrected chi connectivity index (χ1v) is 7.21. The fourth-order valence-corrected chi connectivity index (χ4v) is 2.07. The first kappa shape index (κ1) is 15.0. The molecule has 0 heterocycles. The molecule has 1 aromatic carbocycles. The van der Waals surface area contributed by atoms with Crippen molar-refractivity contribution in [2.75, 3.05) is 19.7 Å². The van der Waals surface area contributed by atoms with Crippen molar-refractivity contribution in [1.29, 1.82) is 0 Å². The molecule has 0 aliphatic heterocycles. The maximum atomic E-state index is 5.67. The zero-order valence-corrected chi connectivity index (χ0v) is 12.1. The number of hydrogen-bond acceptors (Lipinski definition) is 2. The largest absolute Gasteiger partial charge is 0.494 e. The van der Waals surface area contributed by atoms with Crippen LogP contribution >= 0.6 is 0 Å². The molecule has 0 fully saturated rings. The highest BCUT2D eigenvalue weighted by atomic mass is 16.5. The highest BCUT2D eigenvalue weighted by Gasteiger charge is 2.03. The van der Waals surface area contributed by atoms with Crippen LogP contribution < -0.4 is 10.1 Å². The third-order valence-electron chi connectivity index (χ3n) is 2.99. The Hall–Kier alpha value is -1.02. The number of nitrogens with one attached hydrogen (secondary N) is 1. The second-order valence-electron chi connectivity index (χ2n) is 4.75. The molecule has 0 atom stereocenters. The third-order valence-corrected chi connectivity index (χ3v) is 2.99. The van der Waals surface area contributed by atoms with E-state index in [9.17, 15) is 0 Å². The third kappa shape index (κ3) is 5.54. The van der Waals surface area contributed by atoms with Gasteiger partial charge in [-0.05, 0) is 64.3 Å². The summed E-state index contributed by atoms with van der Waals surface area (Å²) in [6.45, 7) is 9.39. The summed E-state index contributed by atoms with van der Waals surface area (Å²) in [6.07, 6.45) is 4.79. The lowest BCUT2D eigenvalue weighted by Gasteiger charge is -2.11. The van der Waals surface area contributed by atoms with Gasteiger partial charge in [0.2, 0.25) is 0 Å². The molecule has 2 nitrogen and oxygen atoms in total. The van der Waals surface area contributed by atoms with Gasteiger partial charge in [-0.25, -0.2) is 0 Å². The molecule has 102 valence electrons. The van der Waals surface area contributed by atoms with E-state index >= 15 is 0 Å². The van der Waals surface area contributed by atoms with E-state index in [4.69, 9.17) is 4.74 Å². The van der Waals surface area contributed by atoms with Crippen LogP contribution in [0.2, 0.25) is 0 Å². The van der Waals surface area contributed by atoms with E-state index in [1.54, 1.807) is 0 Å². The Morgan fingerprint density at radius 2 is 1.94 bits per heavy atom. The Bertz CT molecular complexity index is 336. The van der Waals surface area contributed by atoms with Crippen molar-refractivity contribution in [2.45, 2.75) is 46.5 Å². The summed E-state index contributed by atoms with van der Waals surface area (Å²) < 4.78 is 5.67. The number of benzene rings is 1. The molecule has 0 bridgehead atoms. The number of ether oxygens (including phenoxy) is 1. The molecule has 1 N–H and O–H groups in total. The minimum atomic E-state index is 0.744. The number of aryl methyl sites for hydroxylation is 2. The van der Waals surface area contributed by atoms with Crippen molar-refractivity contribution in [3.63, 3.8) is 0 Å². The van der Waals surface area contributed by atoms with Gasteiger partial charge in [0, 0.05) is 0 Å². The molecule has 0 amide bonds. The number of rotatable bonds is 9. The second kappa shape index (κ2) is 8.98. The van der Waals surface area contributed by atoms with Crippen LogP contribution in [-0.2, 0) is 6.42 Å². The van der Waals surface area contributed by atoms with Crippen LogP contribution in [0, 0.1) is 6.92 Å². The van der Waals surface area contributed by atoms with E-state index in [0.29, 0.717) is 0 Å². The SMILES string of the molecule is CCCNCCCCc1cc(C)ccc1OCC. The Kier molecular flexibility index (Phi) is 7.51. The molecule has 0 spiro atoms. The highest BCUT2D eigenvalue weighted by Crippen LogP contribution is 2.21. The Morgan fingerprint density at radius 3 is 2.67 bits per heavy atom. The summed E-state index contributed by atoms with van der Waals surface area (Å²) in [5.41, 5.74) is 2.67. The maximum Gasteiger partial charge on any atom is 0.122 e. The summed E-state index contributed by atoms with van der Waals surface area (Å²) >= 11 is 0. The Morgan fingerprint density at radius 1 is 1.11 bits per heavy atom. The predicted molar refractivity (Wildman–Crippen MR) is 78.4 cm³/mol. The van der Waals surface area contributed by atoms with Gasteiger partial charge in [0.1, 0.15) is 5.75 Å². The summed E-state index contributed by atoms with van der Waals surface area (Å²) in [7, 11) is 0. The van der Waals surface area contributed by atoms with E-state index in [2.05, 4.69) is 37.4 Å². The molecule has 0 unspecified atom stereocenters. The van der Waals surface area contributed by atoms with E-state index < -0.39 is 0 Å². The molecular weight excluding hydrogens is 222 g/mol. The Balaban J connectivity index is 2.37. The molecule has 0 aromatic heterocycles. The quantitative estimate of drug-likeness (QED) is 0.674. The van der Waals surface area contributed by atoms with Crippen molar-refractivity contribution >= 4 is 0 Å². The second-order valence-corrected chi connectivity index (χ2v) is 4.75. The van der Waals surface area contributed by atoms with Crippen LogP contribution in [0.1, 0.15) is 44.2 Å². The summed E-state index contributed by atoms with van der Waals surface area (Å²) in [5, 5.41) is 3.44. The molecule has 2 heteroatoms. The molecule has 1 aromatic rings. The topological polar surface area (TPSA) is 21.3 Å². The average Bonchev–Trinajstić information content (AvgIpc) is 2.37. The van der Waals surface area contributed by atoms with Gasteiger partial charge < -0.3 is 10.1 Å². The van der Waals surface area contributed by atoms with Gasteiger partial charge in [0.25, 0.3) is 0 Å². The number of hydrogen-bond donors (Lipinski definition) is 1. The Labute approximate surface area is 112 Å². The van der Waals surface area contributed by atoms with E-state index in [1.165, 1.54) is 30.4 Å². The van der Waals surface area contributed by atoms with Gasteiger partial charge in [-0.2, -0.15) is 0 Å². The van der Waals surface area contributed by atoms with Crippen molar-refractivity contribution in [1.82, 2.24) is 5.32 Å². The molecule has 0 aliphatic rings. The molecule has 0 radical (unpaired) electrons. The molecule has 1 rings (SSSR count). The lowest BCUT2D eigenvalue weighted by molar-refractivity contribution is 0.336. The van der Waals surface area contributed by atoms with Crippen LogP contribution in [-0.4, -0.2) is 19.7 Å². The standard InChI is InChI=1S/C16H27NO/c1-4-11-17-12-7-6-8-15-13-14(3)9-10-16(15)18-5-2/h9-10,13,17H,4-8,11-12H2,1-3H3. The van der Waals surface area contributed by atoms with Gasteiger partial charge >= 0.3 is 0 Å². The number of unbranched alkanes of at least 4 members (excludes halogenated alkanes) is 1. The minimum Gasteiger partial charge on any atom is -0.494 e. The van der Waals surface area contributed by atoms with Gasteiger partial charge in [-0.15, -0.1) is 0 Å². The average molecular weight is 249 g/mol. The first-order chi connectivity index (χ1) is 8.77. The first-order valence-electron chi connectivity index (χ1n) is 7.21. The van der Waals surface area contributed by atoms with E-state index in [0.717, 1.165) is 31.9 Å². The van der Waals surface area contributed by atoms with Gasteiger partial charge in [0.05, 0.1) is 6.61 Å². The normalized spacial score (nSPS) is 10.6. The molecule has 0 saturated heterocycles. The van der Waals surface area contributed by atoms with Crippen molar-refractivity contribution in [3.05, 3.63) is 29.3 Å². The van der Waals surface area contributed by atoms with Crippen molar-refractivity contribution < 1.29 is 4.74 Å². The summed E-state index contributed by atoms with van der Waals surface area (Å²) in [6, 6.07) is 6.48. The van der Waals surface area contributed by atoms with Crippen molar-refractivity contribution in [3.8, 4) is 5.75 Å². The summed E-state index contributed by atoms with van der Waals surface area (Å²) in [4.78, 5) is 0. The van der Waals surface area contributed by atoms with Crippen LogP contribution in [0.3, 0.4) is 0 Å². The van der Waals surface area contributed by atoms with E-state index in [1.807, 2.05) is 6.92 Å². The van der Waals surface area contributed by atoms with Gasteiger partial charge in [-0.1, -0.05) is 24.6 Å². The summed E-state index contributed by atoms with van der Waals surface area (Å²) in [5.74, 6) is 1.06. The van der Waals surface area contributed by atoms with Gasteiger partial charge in [0.15, 0.2) is 0 Å². The monoisotopic (exact) mass is 249 g/mol. The molecule has 0 aliphatic carbocycles. The van der Waals surface area contributed by atoms with Crippen LogP contribution in [0.15, 0.2) is 18.2 Å². The predicted octanol–water partition coefficient (Wildman–Crippen LogP) is 3.72. The minimum absolute atomic E-state index is 0.744. The zero-order valence-electron chi connectivity index (χ0n) is 12.1.